The Morgan fingerprint density at radius 3 is 2.12 bits per heavy atom. The number of nitrogens with zero attached hydrogens (tertiary/aromatic N) is 1. The lowest BCUT2D eigenvalue weighted by atomic mass is 10.0. The average molecular weight is 461 g/mol. The number of hydrogen-bond acceptors (Lipinski definition) is 4. The first-order valence-corrected chi connectivity index (χ1v) is 10.5. The van der Waals surface area contributed by atoms with E-state index in [-0.39, 0.29) is 29.4 Å². The molecule has 0 saturated carbocycles. The van der Waals surface area contributed by atoms with Crippen molar-refractivity contribution in [2.75, 3.05) is 10.6 Å². The van der Waals surface area contributed by atoms with Gasteiger partial charge in [0.1, 0.15) is 5.70 Å². The van der Waals surface area contributed by atoms with Crippen molar-refractivity contribution in [3.8, 4) is 0 Å². The van der Waals surface area contributed by atoms with E-state index in [1.165, 1.54) is 13.0 Å². The molecule has 3 amide bonds. The van der Waals surface area contributed by atoms with E-state index in [9.17, 15) is 23.2 Å². The van der Waals surface area contributed by atoms with Crippen LogP contribution in [0.15, 0.2) is 72.4 Å². The van der Waals surface area contributed by atoms with Crippen LogP contribution in [0.25, 0.3) is 5.57 Å². The predicted molar refractivity (Wildman–Crippen MR) is 124 cm³/mol. The van der Waals surface area contributed by atoms with Crippen molar-refractivity contribution >= 4 is 34.7 Å². The number of aryl methyl sites for hydroxylation is 1. The minimum atomic E-state index is -1.08. The Labute approximate surface area is 194 Å². The lowest BCUT2D eigenvalue weighted by Crippen LogP contribution is -2.32. The smallest absolute Gasteiger partial charge is 0.278 e. The van der Waals surface area contributed by atoms with E-state index < -0.39 is 23.4 Å². The second-order valence-electron chi connectivity index (χ2n) is 7.94. The monoisotopic (exact) mass is 461 g/mol. The maximum absolute atomic E-state index is 13.8. The van der Waals surface area contributed by atoms with Crippen molar-refractivity contribution in [3.05, 3.63) is 101 Å². The first kappa shape index (κ1) is 22.8. The largest absolute Gasteiger partial charge is 0.350 e. The summed E-state index contributed by atoms with van der Waals surface area (Å²) in [6.45, 7) is 3.36. The van der Waals surface area contributed by atoms with Gasteiger partial charge in [-0.2, -0.15) is 0 Å². The fraction of sp³-hybridized carbons (Fsp3) is 0.115. The normalized spacial score (nSPS) is 13.5. The van der Waals surface area contributed by atoms with Crippen LogP contribution in [-0.2, 0) is 20.9 Å². The molecule has 6 nitrogen and oxygen atoms in total. The van der Waals surface area contributed by atoms with Crippen molar-refractivity contribution in [2.24, 2.45) is 0 Å². The van der Waals surface area contributed by atoms with E-state index in [2.05, 4.69) is 10.6 Å². The number of halogens is 2. The van der Waals surface area contributed by atoms with Gasteiger partial charge in [0, 0.05) is 24.4 Å². The van der Waals surface area contributed by atoms with E-state index in [1.54, 1.807) is 24.3 Å². The van der Waals surface area contributed by atoms with Gasteiger partial charge in [0.2, 0.25) is 5.91 Å². The first-order chi connectivity index (χ1) is 16.2. The van der Waals surface area contributed by atoms with Gasteiger partial charge >= 0.3 is 0 Å². The van der Waals surface area contributed by atoms with E-state index in [0.717, 1.165) is 28.2 Å². The second kappa shape index (κ2) is 9.27. The highest BCUT2D eigenvalue weighted by Crippen LogP contribution is 2.32. The summed E-state index contributed by atoms with van der Waals surface area (Å²) in [5, 5.41) is 5.44. The zero-order chi connectivity index (χ0) is 24.4. The van der Waals surface area contributed by atoms with Gasteiger partial charge in [-0.05, 0) is 42.3 Å². The zero-order valence-corrected chi connectivity index (χ0v) is 18.5. The molecule has 0 fully saturated rings. The van der Waals surface area contributed by atoms with Gasteiger partial charge in [0.15, 0.2) is 11.6 Å². The molecule has 34 heavy (non-hydrogen) atoms. The minimum Gasteiger partial charge on any atom is -0.350 e. The van der Waals surface area contributed by atoms with Crippen molar-refractivity contribution in [2.45, 2.75) is 20.4 Å². The maximum atomic E-state index is 13.8. The third kappa shape index (κ3) is 4.71. The molecule has 8 heteroatoms. The van der Waals surface area contributed by atoms with Gasteiger partial charge in [0.25, 0.3) is 11.8 Å². The number of carbonyl (C=O) groups is 3. The van der Waals surface area contributed by atoms with Crippen LogP contribution in [0.1, 0.15) is 23.6 Å². The molecule has 1 aliphatic rings. The standard InChI is InChI=1S/C26H21F2N3O3/c1-15-3-5-17(6-4-15)14-31-25(33)23(18-7-9-19(10-8-18)29-16(2)32)24(26(31)34)30-20-11-12-21(27)22(28)13-20/h3-13,30H,14H2,1-2H3,(H,29,32). The van der Waals surface area contributed by atoms with Crippen LogP contribution in [0.3, 0.4) is 0 Å². The molecule has 0 atom stereocenters. The maximum Gasteiger partial charge on any atom is 0.278 e. The van der Waals surface area contributed by atoms with Crippen molar-refractivity contribution in [1.82, 2.24) is 4.90 Å². The number of nitrogens with one attached hydrogen (secondary N) is 2. The number of rotatable bonds is 6. The Hall–Kier alpha value is -4.33. The van der Waals surface area contributed by atoms with Crippen molar-refractivity contribution in [3.63, 3.8) is 0 Å². The Bertz CT molecular complexity index is 1320. The van der Waals surface area contributed by atoms with Crippen LogP contribution < -0.4 is 10.6 Å². The molecule has 1 heterocycles. The summed E-state index contributed by atoms with van der Waals surface area (Å²) in [6.07, 6.45) is 0. The lowest BCUT2D eigenvalue weighted by molar-refractivity contribution is -0.137. The summed E-state index contributed by atoms with van der Waals surface area (Å²) >= 11 is 0. The molecule has 3 aromatic carbocycles. The van der Waals surface area contributed by atoms with E-state index in [0.29, 0.717) is 11.3 Å². The fourth-order valence-corrected chi connectivity index (χ4v) is 3.62. The van der Waals surface area contributed by atoms with Crippen molar-refractivity contribution in [1.29, 1.82) is 0 Å². The highest BCUT2D eigenvalue weighted by atomic mass is 19.2. The van der Waals surface area contributed by atoms with E-state index in [1.807, 2.05) is 31.2 Å². The van der Waals surface area contributed by atoms with Gasteiger partial charge in [-0.25, -0.2) is 8.78 Å². The van der Waals surface area contributed by atoms with Gasteiger partial charge in [0.05, 0.1) is 12.1 Å². The molecule has 0 spiro atoms. The second-order valence-corrected chi connectivity index (χ2v) is 7.94. The highest BCUT2D eigenvalue weighted by Gasteiger charge is 2.39. The van der Waals surface area contributed by atoms with Crippen LogP contribution in [0.5, 0.6) is 0 Å². The summed E-state index contributed by atoms with van der Waals surface area (Å²) in [6, 6.07) is 17.0. The molecule has 4 rings (SSSR count). The fourth-order valence-electron chi connectivity index (χ4n) is 3.62. The van der Waals surface area contributed by atoms with Gasteiger partial charge in [-0.15, -0.1) is 0 Å². The number of benzene rings is 3. The molecule has 0 unspecified atom stereocenters. The quantitative estimate of drug-likeness (QED) is 0.525. The number of amides is 3. The topological polar surface area (TPSA) is 78.5 Å². The third-order valence-corrected chi connectivity index (χ3v) is 5.31. The minimum absolute atomic E-state index is 0.0459. The van der Waals surface area contributed by atoms with Crippen LogP contribution >= 0.6 is 0 Å². The Kier molecular flexibility index (Phi) is 6.23. The third-order valence-electron chi connectivity index (χ3n) is 5.31. The molecule has 0 bridgehead atoms. The number of hydrogen-bond donors (Lipinski definition) is 2. The summed E-state index contributed by atoms with van der Waals surface area (Å²) in [5.74, 6) is -3.47. The molecule has 0 aromatic heterocycles. The van der Waals surface area contributed by atoms with Gasteiger partial charge < -0.3 is 10.6 Å². The molecule has 1 aliphatic heterocycles. The zero-order valence-electron chi connectivity index (χ0n) is 18.5. The average Bonchev–Trinajstić information content (AvgIpc) is 3.02. The molecule has 0 aliphatic carbocycles. The summed E-state index contributed by atoms with van der Waals surface area (Å²) in [7, 11) is 0. The van der Waals surface area contributed by atoms with E-state index >= 15 is 0 Å². The number of imide groups is 1. The molecule has 3 aromatic rings. The Balaban J connectivity index is 1.72. The molecule has 2 N–H and O–H groups in total. The molecule has 172 valence electrons. The summed E-state index contributed by atoms with van der Waals surface area (Å²) in [5.41, 5.74) is 2.94. The predicted octanol–water partition coefficient (Wildman–Crippen LogP) is 4.62. The van der Waals surface area contributed by atoms with Gasteiger partial charge in [-0.3, -0.25) is 19.3 Å². The van der Waals surface area contributed by atoms with Crippen LogP contribution in [0.2, 0.25) is 0 Å². The highest BCUT2D eigenvalue weighted by molar-refractivity contribution is 6.36. The summed E-state index contributed by atoms with van der Waals surface area (Å²) in [4.78, 5) is 39.1. The first-order valence-electron chi connectivity index (χ1n) is 10.5. The lowest BCUT2D eigenvalue weighted by Gasteiger charge is -2.15. The Morgan fingerprint density at radius 2 is 1.50 bits per heavy atom. The number of carbonyl (C=O) groups excluding carboxylic acids is 3. The van der Waals surface area contributed by atoms with Crippen molar-refractivity contribution < 1.29 is 23.2 Å². The molecule has 0 radical (unpaired) electrons. The molecular formula is C26H21F2N3O3. The molecular weight excluding hydrogens is 440 g/mol. The van der Waals surface area contributed by atoms with Crippen LogP contribution in [-0.4, -0.2) is 22.6 Å². The Morgan fingerprint density at radius 1 is 0.853 bits per heavy atom. The summed E-state index contributed by atoms with van der Waals surface area (Å²) < 4.78 is 27.1. The molecule has 0 saturated heterocycles. The SMILES string of the molecule is CC(=O)Nc1ccc(C2=C(Nc3ccc(F)c(F)c3)C(=O)N(Cc3ccc(C)cc3)C2=O)cc1. The van der Waals surface area contributed by atoms with Gasteiger partial charge in [-0.1, -0.05) is 42.0 Å². The van der Waals surface area contributed by atoms with E-state index in [4.69, 9.17) is 0 Å². The number of anilines is 2. The van der Waals surface area contributed by atoms with Crippen LogP contribution in [0.4, 0.5) is 20.2 Å². The van der Waals surface area contributed by atoms with Crippen LogP contribution in [0, 0.1) is 18.6 Å².